The van der Waals surface area contributed by atoms with Crippen LogP contribution in [-0.2, 0) is 0 Å². The van der Waals surface area contributed by atoms with E-state index in [-0.39, 0.29) is 16.5 Å². The first-order chi connectivity index (χ1) is 10.1. The molecule has 0 atom stereocenters. The molecule has 0 aliphatic carbocycles. The van der Waals surface area contributed by atoms with Gasteiger partial charge in [-0.05, 0) is 30.7 Å². The Balaban J connectivity index is 2.29. The number of benzene rings is 1. The third-order valence-corrected chi connectivity index (χ3v) is 3.50. The average molecular weight is 308 g/mol. The summed E-state index contributed by atoms with van der Waals surface area (Å²) in [5, 5.41) is 14.2. The molecule has 0 spiro atoms. The Morgan fingerprint density at radius 2 is 2.10 bits per heavy atom. The van der Waals surface area contributed by atoms with E-state index in [1.807, 2.05) is 6.92 Å². The minimum absolute atomic E-state index is 0.175. The fourth-order valence-corrected chi connectivity index (χ4v) is 2.36. The Morgan fingerprint density at radius 3 is 2.71 bits per heavy atom. The van der Waals surface area contributed by atoms with Gasteiger partial charge < -0.3 is 5.32 Å². The van der Waals surface area contributed by atoms with E-state index in [1.54, 1.807) is 12.1 Å². The lowest BCUT2D eigenvalue weighted by Gasteiger charge is -2.06. The maximum absolute atomic E-state index is 12.9. The Labute approximate surface area is 125 Å². The second kappa shape index (κ2) is 6.98. The fourth-order valence-electron chi connectivity index (χ4n) is 1.50. The molecular weight excluding hydrogens is 295 g/mol. The highest BCUT2D eigenvalue weighted by atomic mass is 32.2. The van der Waals surface area contributed by atoms with Crippen molar-refractivity contribution in [2.45, 2.75) is 23.3 Å². The van der Waals surface area contributed by atoms with E-state index in [0.29, 0.717) is 17.4 Å². The predicted molar refractivity (Wildman–Crippen MR) is 78.0 cm³/mol. The van der Waals surface area contributed by atoms with Crippen molar-refractivity contribution in [2.24, 2.45) is 0 Å². The van der Waals surface area contributed by atoms with Gasteiger partial charge in [0.25, 0.3) is 0 Å². The molecule has 1 aromatic heterocycles. The lowest BCUT2D eigenvalue weighted by Crippen LogP contribution is -2.06. The topological polar surface area (TPSA) is 81.0 Å². The lowest BCUT2D eigenvalue weighted by molar-refractivity contribution is -0.388. The molecule has 2 aromatic rings. The molecule has 1 aromatic carbocycles. The standard InChI is InChI=1S/C13H13FN4O2S/c1-2-7-15-13-16-8-11(18(19)20)12(17-13)21-10-5-3-9(14)4-6-10/h3-6,8H,2,7H2,1H3,(H,15,16,17). The van der Waals surface area contributed by atoms with Crippen molar-refractivity contribution in [3.8, 4) is 0 Å². The number of nitrogens with zero attached hydrogens (tertiary/aromatic N) is 3. The molecule has 0 aliphatic rings. The molecular formula is C13H13FN4O2S. The van der Waals surface area contributed by atoms with Crippen molar-refractivity contribution in [1.29, 1.82) is 0 Å². The van der Waals surface area contributed by atoms with E-state index in [9.17, 15) is 14.5 Å². The summed E-state index contributed by atoms with van der Waals surface area (Å²) in [6.07, 6.45) is 2.07. The molecule has 0 aliphatic heterocycles. The summed E-state index contributed by atoms with van der Waals surface area (Å²) in [5.74, 6) is -0.0195. The van der Waals surface area contributed by atoms with Crippen LogP contribution in [0.5, 0.6) is 0 Å². The number of rotatable bonds is 6. The van der Waals surface area contributed by atoms with Gasteiger partial charge in [0.05, 0.1) is 4.92 Å². The van der Waals surface area contributed by atoms with Crippen LogP contribution in [0.2, 0.25) is 0 Å². The maximum Gasteiger partial charge on any atom is 0.320 e. The summed E-state index contributed by atoms with van der Waals surface area (Å²) < 4.78 is 12.9. The summed E-state index contributed by atoms with van der Waals surface area (Å²) in [6.45, 7) is 2.67. The molecule has 0 amide bonds. The highest BCUT2D eigenvalue weighted by Gasteiger charge is 2.18. The molecule has 110 valence electrons. The van der Waals surface area contributed by atoms with Crippen molar-refractivity contribution in [1.82, 2.24) is 9.97 Å². The summed E-state index contributed by atoms with van der Waals surface area (Å²) in [5.41, 5.74) is -0.175. The summed E-state index contributed by atoms with van der Waals surface area (Å²) in [7, 11) is 0. The Bertz CT molecular complexity index is 637. The zero-order chi connectivity index (χ0) is 15.2. The number of nitrogens with one attached hydrogen (secondary N) is 1. The summed E-state index contributed by atoms with van der Waals surface area (Å²) >= 11 is 1.10. The van der Waals surface area contributed by atoms with Gasteiger partial charge in [0.2, 0.25) is 5.95 Å². The van der Waals surface area contributed by atoms with E-state index in [0.717, 1.165) is 18.2 Å². The molecule has 0 unspecified atom stereocenters. The molecule has 0 radical (unpaired) electrons. The number of aromatic nitrogens is 2. The highest BCUT2D eigenvalue weighted by Crippen LogP contribution is 2.33. The van der Waals surface area contributed by atoms with Gasteiger partial charge >= 0.3 is 5.69 Å². The quantitative estimate of drug-likeness (QED) is 0.500. The lowest BCUT2D eigenvalue weighted by atomic mass is 10.4. The van der Waals surface area contributed by atoms with Crippen LogP contribution < -0.4 is 5.32 Å². The molecule has 6 nitrogen and oxygen atoms in total. The first-order valence-electron chi connectivity index (χ1n) is 6.29. The normalized spacial score (nSPS) is 10.4. The van der Waals surface area contributed by atoms with Crippen LogP contribution in [0, 0.1) is 15.9 Å². The molecule has 0 saturated carbocycles. The Hall–Kier alpha value is -2.22. The van der Waals surface area contributed by atoms with Gasteiger partial charge in [0, 0.05) is 11.4 Å². The smallest absolute Gasteiger partial charge is 0.320 e. The van der Waals surface area contributed by atoms with E-state index in [1.165, 1.54) is 18.3 Å². The van der Waals surface area contributed by atoms with Gasteiger partial charge in [-0.3, -0.25) is 10.1 Å². The Kier molecular flexibility index (Phi) is 5.04. The number of anilines is 1. The van der Waals surface area contributed by atoms with Crippen LogP contribution in [0.1, 0.15) is 13.3 Å². The average Bonchev–Trinajstić information content (AvgIpc) is 2.47. The summed E-state index contributed by atoms with van der Waals surface area (Å²) in [4.78, 5) is 19.2. The number of hydrogen-bond donors (Lipinski definition) is 1. The van der Waals surface area contributed by atoms with Crippen LogP contribution in [-0.4, -0.2) is 21.4 Å². The van der Waals surface area contributed by atoms with E-state index in [2.05, 4.69) is 15.3 Å². The Morgan fingerprint density at radius 1 is 1.38 bits per heavy atom. The van der Waals surface area contributed by atoms with Crippen molar-refractivity contribution < 1.29 is 9.31 Å². The fraction of sp³-hybridized carbons (Fsp3) is 0.231. The number of hydrogen-bond acceptors (Lipinski definition) is 6. The van der Waals surface area contributed by atoms with Gasteiger partial charge in [-0.2, -0.15) is 4.98 Å². The monoisotopic (exact) mass is 308 g/mol. The molecule has 1 N–H and O–H groups in total. The van der Waals surface area contributed by atoms with Crippen LogP contribution in [0.3, 0.4) is 0 Å². The first kappa shape index (κ1) is 15.2. The van der Waals surface area contributed by atoms with Gasteiger partial charge in [0.1, 0.15) is 12.0 Å². The van der Waals surface area contributed by atoms with Crippen LogP contribution in [0.15, 0.2) is 40.4 Å². The minimum Gasteiger partial charge on any atom is -0.354 e. The number of halogens is 1. The SMILES string of the molecule is CCCNc1ncc([N+](=O)[O-])c(Sc2ccc(F)cc2)n1. The second-order valence-electron chi connectivity index (χ2n) is 4.12. The van der Waals surface area contributed by atoms with E-state index >= 15 is 0 Å². The summed E-state index contributed by atoms with van der Waals surface area (Å²) in [6, 6.07) is 5.69. The van der Waals surface area contributed by atoms with E-state index in [4.69, 9.17) is 0 Å². The van der Waals surface area contributed by atoms with Crippen molar-refractivity contribution in [3.05, 3.63) is 46.4 Å². The van der Waals surface area contributed by atoms with Crippen molar-refractivity contribution >= 4 is 23.4 Å². The van der Waals surface area contributed by atoms with Gasteiger partial charge in [0.15, 0.2) is 5.03 Å². The zero-order valence-electron chi connectivity index (χ0n) is 11.2. The van der Waals surface area contributed by atoms with Gasteiger partial charge in [-0.1, -0.05) is 18.7 Å². The molecule has 0 fully saturated rings. The van der Waals surface area contributed by atoms with Crippen LogP contribution in [0.4, 0.5) is 16.0 Å². The predicted octanol–water partition coefficient (Wildman–Crippen LogP) is 3.50. The largest absolute Gasteiger partial charge is 0.354 e. The highest BCUT2D eigenvalue weighted by molar-refractivity contribution is 7.99. The molecule has 8 heteroatoms. The van der Waals surface area contributed by atoms with Crippen LogP contribution >= 0.6 is 11.8 Å². The van der Waals surface area contributed by atoms with Crippen molar-refractivity contribution in [3.63, 3.8) is 0 Å². The maximum atomic E-state index is 12.9. The minimum atomic E-state index is -0.532. The molecule has 21 heavy (non-hydrogen) atoms. The molecule has 2 rings (SSSR count). The van der Waals surface area contributed by atoms with Crippen molar-refractivity contribution in [2.75, 3.05) is 11.9 Å². The molecule has 0 bridgehead atoms. The first-order valence-corrected chi connectivity index (χ1v) is 7.10. The molecule has 1 heterocycles. The third-order valence-electron chi connectivity index (χ3n) is 2.49. The molecule has 0 saturated heterocycles. The van der Waals surface area contributed by atoms with Gasteiger partial charge in [-0.25, -0.2) is 9.37 Å². The van der Waals surface area contributed by atoms with Gasteiger partial charge in [-0.15, -0.1) is 0 Å². The van der Waals surface area contributed by atoms with Crippen LogP contribution in [0.25, 0.3) is 0 Å². The number of nitro groups is 1. The third kappa shape index (κ3) is 4.12. The second-order valence-corrected chi connectivity index (χ2v) is 5.19. The zero-order valence-corrected chi connectivity index (χ0v) is 12.1. The van der Waals surface area contributed by atoms with E-state index < -0.39 is 4.92 Å².